The van der Waals surface area contributed by atoms with Crippen LogP contribution in [0.1, 0.15) is 19.4 Å². The molecule has 1 aromatic rings. The summed E-state index contributed by atoms with van der Waals surface area (Å²) in [6.07, 6.45) is 0. The highest BCUT2D eigenvalue weighted by molar-refractivity contribution is 9.10. The van der Waals surface area contributed by atoms with Gasteiger partial charge in [-0.3, -0.25) is 4.90 Å². The van der Waals surface area contributed by atoms with E-state index < -0.39 is 0 Å². The Morgan fingerprint density at radius 1 is 1.32 bits per heavy atom. The Bertz CT molecular complexity index is 491. The van der Waals surface area contributed by atoms with Gasteiger partial charge in [-0.25, -0.2) is 0 Å². The van der Waals surface area contributed by atoms with Crippen molar-refractivity contribution in [1.82, 2.24) is 10.2 Å². The Morgan fingerprint density at radius 2 is 2.05 bits per heavy atom. The number of nitrogens with one attached hydrogen (secondary N) is 1. The first kappa shape index (κ1) is 13.2. The Kier molecular flexibility index (Phi) is 3.45. The van der Waals surface area contributed by atoms with Gasteiger partial charge in [0.1, 0.15) is 0 Å². The predicted octanol–water partition coefficient (Wildman–Crippen LogP) is 2.36. The first-order valence-electron chi connectivity index (χ1n) is 6.59. The summed E-state index contributed by atoms with van der Waals surface area (Å²) < 4.78 is 11.9. The van der Waals surface area contributed by atoms with Crippen molar-refractivity contribution in [3.8, 4) is 11.5 Å². The van der Waals surface area contributed by atoms with Crippen molar-refractivity contribution in [1.29, 1.82) is 0 Å². The first-order chi connectivity index (χ1) is 9.03. The van der Waals surface area contributed by atoms with Crippen molar-refractivity contribution in [3.63, 3.8) is 0 Å². The molecule has 4 nitrogen and oxygen atoms in total. The summed E-state index contributed by atoms with van der Waals surface area (Å²) in [5.41, 5.74) is 1.43. The van der Waals surface area contributed by atoms with Crippen LogP contribution in [0.5, 0.6) is 11.5 Å². The van der Waals surface area contributed by atoms with E-state index in [9.17, 15) is 0 Å². The van der Waals surface area contributed by atoms with Gasteiger partial charge in [0.15, 0.2) is 11.5 Å². The molecule has 1 fully saturated rings. The summed E-state index contributed by atoms with van der Waals surface area (Å²) in [6.45, 7) is 8.91. The molecule has 0 aliphatic carbocycles. The Balaban J connectivity index is 1.76. The molecule has 0 amide bonds. The zero-order chi connectivity index (χ0) is 13.5. The second-order valence-electron chi connectivity index (χ2n) is 5.82. The number of hydrogen-bond donors (Lipinski definition) is 1. The highest BCUT2D eigenvalue weighted by Crippen LogP contribution is 2.37. The van der Waals surface area contributed by atoms with Crippen LogP contribution in [-0.4, -0.2) is 36.9 Å². The fraction of sp³-hybridized carbons (Fsp3) is 0.571. The maximum atomic E-state index is 5.45. The van der Waals surface area contributed by atoms with E-state index in [2.05, 4.69) is 46.1 Å². The second kappa shape index (κ2) is 4.96. The van der Waals surface area contributed by atoms with Crippen molar-refractivity contribution < 1.29 is 9.47 Å². The lowest BCUT2D eigenvalue weighted by atomic mass is 10.0. The molecular weight excluding hydrogens is 308 g/mol. The van der Waals surface area contributed by atoms with Crippen LogP contribution in [0.25, 0.3) is 0 Å². The molecule has 0 atom stereocenters. The largest absolute Gasteiger partial charge is 0.454 e. The van der Waals surface area contributed by atoms with Gasteiger partial charge in [-0.15, -0.1) is 0 Å². The molecular formula is C14H19BrN2O2. The summed E-state index contributed by atoms with van der Waals surface area (Å²) in [5.74, 6) is 1.68. The maximum absolute atomic E-state index is 5.45. The molecule has 0 bridgehead atoms. The fourth-order valence-corrected chi connectivity index (χ4v) is 3.15. The molecule has 2 aliphatic heterocycles. The minimum Gasteiger partial charge on any atom is -0.454 e. The second-order valence-corrected chi connectivity index (χ2v) is 6.67. The highest BCUT2D eigenvalue weighted by atomic mass is 79.9. The number of halogens is 1. The van der Waals surface area contributed by atoms with Crippen molar-refractivity contribution in [3.05, 3.63) is 22.2 Å². The van der Waals surface area contributed by atoms with Gasteiger partial charge in [0, 0.05) is 36.2 Å². The average Bonchev–Trinajstić information content (AvgIpc) is 2.75. The number of piperazine rings is 1. The minimum absolute atomic E-state index is 0.182. The molecule has 0 unspecified atom stereocenters. The first-order valence-corrected chi connectivity index (χ1v) is 7.38. The lowest BCUT2D eigenvalue weighted by Crippen LogP contribution is -2.56. The third-order valence-corrected chi connectivity index (χ3v) is 4.32. The molecule has 1 aromatic carbocycles. The standard InChI is InChI=1S/C14H19BrN2O2/c1-14(2)8-17(4-3-16-14)7-10-5-12-13(6-11(10)15)19-9-18-12/h5-6,16H,3-4,7-9H2,1-2H3. The van der Waals surface area contributed by atoms with Crippen LogP contribution in [0.3, 0.4) is 0 Å². The van der Waals surface area contributed by atoms with E-state index in [0.29, 0.717) is 6.79 Å². The van der Waals surface area contributed by atoms with Crippen LogP contribution in [0.15, 0.2) is 16.6 Å². The van der Waals surface area contributed by atoms with Gasteiger partial charge in [-0.05, 0) is 31.5 Å². The Labute approximate surface area is 122 Å². The Morgan fingerprint density at radius 3 is 2.79 bits per heavy atom. The number of ether oxygens (including phenoxy) is 2. The molecule has 2 aliphatic rings. The number of fused-ring (bicyclic) bond motifs is 1. The maximum Gasteiger partial charge on any atom is 0.231 e. The summed E-state index contributed by atoms with van der Waals surface area (Å²) in [6, 6.07) is 4.09. The average molecular weight is 327 g/mol. The zero-order valence-electron chi connectivity index (χ0n) is 11.3. The molecule has 1 saturated heterocycles. The van der Waals surface area contributed by atoms with E-state index in [-0.39, 0.29) is 5.54 Å². The third kappa shape index (κ3) is 2.88. The van der Waals surface area contributed by atoms with E-state index in [1.165, 1.54) is 5.56 Å². The quantitative estimate of drug-likeness (QED) is 0.904. The van der Waals surface area contributed by atoms with Gasteiger partial charge in [-0.2, -0.15) is 0 Å². The topological polar surface area (TPSA) is 33.7 Å². The van der Waals surface area contributed by atoms with Crippen LogP contribution in [0, 0.1) is 0 Å². The van der Waals surface area contributed by atoms with Crippen LogP contribution in [-0.2, 0) is 6.54 Å². The van der Waals surface area contributed by atoms with Crippen molar-refractivity contribution in [2.24, 2.45) is 0 Å². The Hall–Kier alpha value is -0.780. The van der Waals surface area contributed by atoms with E-state index >= 15 is 0 Å². The van der Waals surface area contributed by atoms with Crippen molar-refractivity contribution >= 4 is 15.9 Å². The lowest BCUT2D eigenvalue weighted by molar-refractivity contribution is 0.148. The van der Waals surface area contributed by atoms with Crippen LogP contribution in [0.4, 0.5) is 0 Å². The van der Waals surface area contributed by atoms with Gasteiger partial charge in [0.25, 0.3) is 0 Å². The van der Waals surface area contributed by atoms with Gasteiger partial charge < -0.3 is 14.8 Å². The van der Waals surface area contributed by atoms with Gasteiger partial charge in [-0.1, -0.05) is 15.9 Å². The van der Waals surface area contributed by atoms with E-state index in [1.807, 2.05) is 6.07 Å². The molecule has 2 heterocycles. The summed E-state index contributed by atoms with van der Waals surface area (Å²) in [4.78, 5) is 2.47. The molecule has 0 saturated carbocycles. The normalized spacial score (nSPS) is 21.6. The molecule has 0 aromatic heterocycles. The third-order valence-electron chi connectivity index (χ3n) is 3.59. The van der Waals surface area contributed by atoms with E-state index in [1.54, 1.807) is 0 Å². The lowest BCUT2D eigenvalue weighted by Gasteiger charge is -2.39. The van der Waals surface area contributed by atoms with Gasteiger partial charge in [0.2, 0.25) is 6.79 Å². The van der Waals surface area contributed by atoms with E-state index in [4.69, 9.17) is 9.47 Å². The van der Waals surface area contributed by atoms with Crippen LogP contribution < -0.4 is 14.8 Å². The monoisotopic (exact) mass is 326 g/mol. The minimum atomic E-state index is 0.182. The van der Waals surface area contributed by atoms with E-state index in [0.717, 1.165) is 42.2 Å². The van der Waals surface area contributed by atoms with Crippen LogP contribution in [0.2, 0.25) is 0 Å². The van der Waals surface area contributed by atoms with Crippen molar-refractivity contribution in [2.45, 2.75) is 25.9 Å². The van der Waals surface area contributed by atoms with Crippen molar-refractivity contribution in [2.75, 3.05) is 26.4 Å². The molecule has 1 N–H and O–H groups in total. The number of rotatable bonds is 2. The number of benzene rings is 1. The smallest absolute Gasteiger partial charge is 0.231 e. The number of hydrogen-bond acceptors (Lipinski definition) is 4. The molecule has 0 spiro atoms. The molecule has 5 heteroatoms. The summed E-state index contributed by atoms with van der Waals surface area (Å²) in [7, 11) is 0. The van der Waals surface area contributed by atoms with Gasteiger partial charge in [0.05, 0.1) is 0 Å². The fourth-order valence-electron chi connectivity index (χ4n) is 2.70. The van der Waals surface area contributed by atoms with Crippen LogP contribution >= 0.6 is 15.9 Å². The number of nitrogens with zero attached hydrogens (tertiary/aromatic N) is 1. The summed E-state index contributed by atoms with van der Waals surface area (Å²) in [5, 5.41) is 3.53. The SMILES string of the molecule is CC1(C)CN(Cc2cc3c(cc2Br)OCO3)CCN1. The highest BCUT2D eigenvalue weighted by Gasteiger charge is 2.26. The molecule has 0 radical (unpaired) electrons. The predicted molar refractivity (Wildman–Crippen MR) is 77.6 cm³/mol. The molecule has 19 heavy (non-hydrogen) atoms. The molecule has 3 rings (SSSR count). The van der Waals surface area contributed by atoms with Gasteiger partial charge >= 0.3 is 0 Å². The summed E-state index contributed by atoms with van der Waals surface area (Å²) >= 11 is 3.63. The zero-order valence-corrected chi connectivity index (χ0v) is 12.9. The molecule has 104 valence electrons.